The molecule has 1 saturated heterocycles. The second-order valence-corrected chi connectivity index (χ2v) is 9.49. The molecular weight excluding hydrogens is 415 g/mol. The number of likely N-dealkylation sites (tertiary alicyclic amines) is 1. The van der Waals surface area contributed by atoms with Crippen molar-refractivity contribution in [3.63, 3.8) is 0 Å². The normalized spacial score (nSPS) is 24.2. The zero-order valence-corrected chi connectivity index (χ0v) is 20.1. The van der Waals surface area contributed by atoms with E-state index in [1.807, 2.05) is 6.21 Å². The molecule has 2 aliphatic rings. The predicted molar refractivity (Wildman–Crippen MR) is 135 cm³/mol. The summed E-state index contributed by atoms with van der Waals surface area (Å²) in [6, 6.07) is 11.1. The van der Waals surface area contributed by atoms with E-state index in [1.165, 1.54) is 12.1 Å². The van der Waals surface area contributed by atoms with Crippen molar-refractivity contribution in [2.24, 2.45) is 16.6 Å². The molecule has 6 heteroatoms. The van der Waals surface area contributed by atoms with Crippen LogP contribution in [0.4, 0.5) is 10.1 Å². The summed E-state index contributed by atoms with van der Waals surface area (Å²) in [4.78, 5) is 9.57. The summed E-state index contributed by atoms with van der Waals surface area (Å²) in [5.41, 5.74) is 10.2. The Kier molecular flexibility index (Phi) is 7.03. The minimum Gasteiger partial charge on any atom is -0.456 e. The number of anilines is 1. The van der Waals surface area contributed by atoms with E-state index < -0.39 is 0 Å². The third-order valence-corrected chi connectivity index (χ3v) is 7.08. The topological polar surface area (TPSA) is 54.1 Å². The second-order valence-electron chi connectivity index (χ2n) is 9.49. The van der Waals surface area contributed by atoms with Crippen molar-refractivity contribution in [3.8, 4) is 11.5 Å². The molecule has 176 valence electrons. The molecule has 0 radical (unpaired) electrons. The molecule has 0 spiro atoms. The summed E-state index contributed by atoms with van der Waals surface area (Å²) in [7, 11) is 4.28. The maximum absolute atomic E-state index is 13.5. The van der Waals surface area contributed by atoms with Crippen LogP contribution in [0, 0.1) is 11.7 Å². The Morgan fingerprint density at radius 1 is 1.12 bits per heavy atom. The van der Waals surface area contributed by atoms with Gasteiger partial charge in [0, 0.05) is 54.4 Å². The number of hydrogen-bond acceptors (Lipinski definition) is 5. The summed E-state index contributed by atoms with van der Waals surface area (Å²) >= 11 is 0. The molecule has 0 saturated carbocycles. The lowest BCUT2D eigenvalue weighted by atomic mass is 9.92. The van der Waals surface area contributed by atoms with Crippen molar-refractivity contribution in [1.29, 1.82) is 0 Å². The highest BCUT2D eigenvalue weighted by Crippen LogP contribution is 2.42. The van der Waals surface area contributed by atoms with Gasteiger partial charge in [-0.15, -0.1) is 0 Å². The number of halogens is 1. The molecule has 0 amide bonds. The molecule has 0 aromatic heterocycles. The number of nitrogens with two attached hydrogens (primary N) is 1. The summed E-state index contributed by atoms with van der Waals surface area (Å²) < 4.78 is 19.9. The lowest BCUT2D eigenvalue weighted by Gasteiger charge is -2.35. The number of benzene rings is 2. The molecule has 5 nitrogen and oxygen atoms in total. The van der Waals surface area contributed by atoms with E-state index >= 15 is 0 Å². The molecule has 3 unspecified atom stereocenters. The van der Waals surface area contributed by atoms with Crippen LogP contribution in [0.1, 0.15) is 37.8 Å². The fourth-order valence-electron chi connectivity index (χ4n) is 4.88. The van der Waals surface area contributed by atoms with E-state index in [9.17, 15) is 4.39 Å². The highest BCUT2D eigenvalue weighted by atomic mass is 19.1. The van der Waals surface area contributed by atoms with E-state index in [4.69, 9.17) is 15.5 Å². The van der Waals surface area contributed by atoms with Gasteiger partial charge in [0.05, 0.1) is 6.04 Å². The van der Waals surface area contributed by atoms with Crippen molar-refractivity contribution in [2.45, 2.75) is 45.2 Å². The number of hydrogen-bond donors (Lipinski definition) is 1. The standard InChI is InChI=1S/C27H35FN4O/c1-18-17-31(3)14-13-25(18)30-16-20(15-29)23-11-12-26-24(10-5-19(2)32(26)4)27(23)33-22-8-6-21(28)7-9-22/h6-9,11-12,15-16,18-19,25H,5,10,13-14,17,29H2,1-4H3. The highest BCUT2D eigenvalue weighted by molar-refractivity contribution is 6.11. The first kappa shape index (κ1) is 23.3. The average molecular weight is 451 g/mol. The van der Waals surface area contributed by atoms with Gasteiger partial charge in [-0.05, 0) is 82.1 Å². The van der Waals surface area contributed by atoms with Crippen molar-refractivity contribution >= 4 is 17.5 Å². The Labute approximate surface area is 196 Å². The number of nitrogens with zero attached hydrogens (tertiary/aromatic N) is 3. The van der Waals surface area contributed by atoms with Crippen molar-refractivity contribution in [1.82, 2.24) is 4.90 Å². The minimum absolute atomic E-state index is 0.280. The van der Waals surface area contributed by atoms with Crippen LogP contribution in [0.5, 0.6) is 11.5 Å². The molecule has 2 aliphatic heterocycles. The summed E-state index contributed by atoms with van der Waals surface area (Å²) in [5, 5.41) is 0. The van der Waals surface area contributed by atoms with Gasteiger partial charge < -0.3 is 20.3 Å². The monoisotopic (exact) mass is 450 g/mol. The van der Waals surface area contributed by atoms with Gasteiger partial charge in [0.2, 0.25) is 0 Å². The largest absolute Gasteiger partial charge is 0.456 e. The Bertz CT molecular complexity index is 1030. The fourth-order valence-corrected chi connectivity index (χ4v) is 4.88. The molecule has 2 aromatic carbocycles. The molecule has 2 N–H and O–H groups in total. The van der Waals surface area contributed by atoms with Crippen molar-refractivity contribution in [2.75, 3.05) is 32.1 Å². The number of aliphatic imine (C=N–C) groups is 1. The SMILES string of the molecule is CC1CN(C)CCC1N=CC(=CN)c1ccc2c(c1Oc1ccc(F)cc1)CCC(C)N2C. The van der Waals surface area contributed by atoms with E-state index in [0.717, 1.165) is 60.5 Å². The van der Waals surface area contributed by atoms with Gasteiger partial charge in [-0.3, -0.25) is 4.99 Å². The van der Waals surface area contributed by atoms with Gasteiger partial charge in [0.25, 0.3) is 0 Å². The van der Waals surface area contributed by atoms with Crippen molar-refractivity contribution in [3.05, 3.63) is 59.5 Å². The minimum atomic E-state index is -0.284. The maximum Gasteiger partial charge on any atom is 0.140 e. The van der Waals surface area contributed by atoms with Crippen LogP contribution in [-0.2, 0) is 6.42 Å². The number of piperidine rings is 1. The lowest BCUT2D eigenvalue weighted by Crippen LogP contribution is -2.38. The van der Waals surface area contributed by atoms with Gasteiger partial charge in [0.1, 0.15) is 17.3 Å². The molecule has 2 heterocycles. The van der Waals surface area contributed by atoms with Gasteiger partial charge >= 0.3 is 0 Å². The van der Waals surface area contributed by atoms with E-state index in [0.29, 0.717) is 17.7 Å². The molecule has 2 aromatic rings. The Morgan fingerprint density at radius 3 is 2.58 bits per heavy atom. The number of allylic oxidation sites excluding steroid dienone is 1. The zero-order valence-electron chi connectivity index (χ0n) is 20.1. The van der Waals surface area contributed by atoms with Gasteiger partial charge in [-0.2, -0.15) is 0 Å². The fraction of sp³-hybridized carbons (Fsp3) is 0.444. The number of fused-ring (bicyclic) bond motifs is 1. The quantitative estimate of drug-likeness (QED) is 0.644. The molecule has 33 heavy (non-hydrogen) atoms. The Hall–Kier alpha value is -2.86. The van der Waals surface area contributed by atoms with Gasteiger partial charge in [-0.25, -0.2) is 4.39 Å². The lowest BCUT2D eigenvalue weighted by molar-refractivity contribution is 0.198. The smallest absolute Gasteiger partial charge is 0.140 e. The Balaban J connectivity index is 1.71. The maximum atomic E-state index is 13.5. The molecule has 0 aliphatic carbocycles. The zero-order chi connectivity index (χ0) is 23.5. The molecular formula is C27H35FN4O. The van der Waals surface area contributed by atoms with E-state index in [-0.39, 0.29) is 11.9 Å². The molecule has 1 fully saturated rings. The third kappa shape index (κ3) is 5.06. The van der Waals surface area contributed by atoms with E-state index in [2.05, 4.69) is 49.9 Å². The van der Waals surface area contributed by atoms with Gasteiger partial charge in [-0.1, -0.05) is 6.92 Å². The van der Waals surface area contributed by atoms with Crippen LogP contribution in [0.3, 0.4) is 0 Å². The van der Waals surface area contributed by atoms with Crippen molar-refractivity contribution < 1.29 is 9.13 Å². The number of rotatable bonds is 5. The first-order chi connectivity index (χ1) is 15.9. The number of ether oxygens (including phenoxy) is 1. The van der Waals surface area contributed by atoms with Crippen LogP contribution in [0.15, 0.2) is 47.6 Å². The van der Waals surface area contributed by atoms with Crippen LogP contribution in [0.25, 0.3) is 5.57 Å². The van der Waals surface area contributed by atoms with Crippen LogP contribution < -0.4 is 15.4 Å². The highest BCUT2D eigenvalue weighted by Gasteiger charge is 2.27. The van der Waals surface area contributed by atoms with Crippen LogP contribution >= 0.6 is 0 Å². The first-order valence-electron chi connectivity index (χ1n) is 11.8. The Morgan fingerprint density at radius 2 is 1.88 bits per heavy atom. The average Bonchev–Trinajstić information content (AvgIpc) is 2.80. The molecule has 4 rings (SSSR count). The molecule has 0 bridgehead atoms. The second kappa shape index (κ2) is 9.96. The first-order valence-corrected chi connectivity index (χ1v) is 11.8. The molecule has 3 atom stereocenters. The predicted octanol–water partition coefficient (Wildman–Crippen LogP) is 5.10. The van der Waals surface area contributed by atoms with Crippen LogP contribution in [-0.4, -0.2) is 50.4 Å². The van der Waals surface area contributed by atoms with E-state index in [1.54, 1.807) is 18.3 Å². The van der Waals surface area contributed by atoms with Crippen LogP contribution in [0.2, 0.25) is 0 Å². The third-order valence-electron chi connectivity index (χ3n) is 7.08. The summed E-state index contributed by atoms with van der Waals surface area (Å²) in [5.74, 6) is 1.59. The summed E-state index contributed by atoms with van der Waals surface area (Å²) in [6.45, 7) is 6.59. The summed E-state index contributed by atoms with van der Waals surface area (Å²) in [6.07, 6.45) is 6.50. The van der Waals surface area contributed by atoms with Gasteiger partial charge in [0.15, 0.2) is 0 Å².